The van der Waals surface area contributed by atoms with E-state index >= 15 is 0 Å². The maximum Gasteiger partial charge on any atom is 0.244 e. The average molecular weight is 289 g/mol. The molecule has 0 spiro atoms. The summed E-state index contributed by atoms with van der Waals surface area (Å²) < 4.78 is 1.96. The zero-order valence-corrected chi connectivity index (χ0v) is 11.9. The second-order valence-corrected chi connectivity index (χ2v) is 5.30. The number of aromatic nitrogens is 2. The molecule has 4 heteroatoms. The summed E-state index contributed by atoms with van der Waals surface area (Å²) in [6.07, 6.45) is 3.82. The van der Waals surface area contributed by atoms with Gasteiger partial charge in [0.1, 0.15) is 6.54 Å². The Morgan fingerprint density at radius 3 is 2.91 bits per heavy atom. The van der Waals surface area contributed by atoms with Crippen LogP contribution in [-0.2, 0) is 11.3 Å². The molecule has 0 aliphatic carbocycles. The molecule has 0 fully saturated rings. The summed E-state index contributed by atoms with van der Waals surface area (Å²) in [5.74, 6) is -0.0324. The number of aromatic amines is 1. The van der Waals surface area contributed by atoms with E-state index in [2.05, 4.69) is 10.3 Å². The predicted molar refractivity (Wildman–Crippen MR) is 88.9 cm³/mol. The van der Waals surface area contributed by atoms with E-state index in [1.165, 1.54) is 0 Å². The fourth-order valence-corrected chi connectivity index (χ4v) is 2.82. The molecule has 0 radical (unpaired) electrons. The van der Waals surface area contributed by atoms with Crippen molar-refractivity contribution in [3.8, 4) is 0 Å². The highest BCUT2D eigenvalue weighted by molar-refractivity contribution is 6.01. The lowest BCUT2D eigenvalue weighted by molar-refractivity contribution is -0.116. The highest BCUT2D eigenvalue weighted by Crippen LogP contribution is 2.22. The lowest BCUT2D eigenvalue weighted by Gasteiger charge is -2.08. The monoisotopic (exact) mass is 289 g/mol. The van der Waals surface area contributed by atoms with Gasteiger partial charge in [-0.3, -0.25) is 4.79 Å². The molecule has 0 unspecified atom stereocenters. The predicted octanol–water partition coefficient (Wildman–Crippen LogP) is 3.76. The molecule has 0 aliphatic rings. The van der Waals surface area contributed by atoms with Gasteiger partial charge in [-0.2, -0.15) is 0 Å². The van der Waals surface area contributed by atoms with Crippen molar-refractivity contribution in [1.29, 1.82) is 0 Å². The molecule has 2 aromatic carbocycles. The Kier molecular flexibility index (Phi) is 2.93. The molecule has 2 heterocycles. The van der Waals surface area contributed by atoms with Crippen LogP contribution in [0.1, 0.15) is 0 Å². The number of carbonyl (C=O) groups excluding carboxylic acids is 1. The van der Waals surface area contributed by atoms with E-state index < -0.39 is 0 Å². The van der Waals surface area contributed by atoms with Crippen LogP contribution in [0.5, 0.6) is 0 Å². The summed E-state index contributed by atoms with van der Waals surface area (Å²) in [6.45, 7) is 0.300. The molecule has 2 aromatic heterocycles. The van der Waals surface area contributed by atoms with Gasteiger partial charge in [0.25, 0.3) is 0 Å². The average Bonchev–Trinajstić information content (AvgIpc) is 3.15. The van der Waals surface area contributed by atoms with Gasteiger partial charge in [-0.1, -0.05) is 24.3 Å². The molecule has 0 aliphatic heterocycles. The topological polar surface area (TPSA) is 49.8 Å². The number of carbonyl (C=O) groups is 1. The first-order valence-corrected chi connectivity index (χ1v) is 7.21. The van der Waals surface area contributed by atoms with Crippen molar-refractivity contribution in [3.05, 3.63) is 67.0 Å². The van der Waals surface area contributed by atoms with Crippen LogP contribution in [-0.4, -0.2) is 15.5 Å². The van der Waals surface area contributed by atoms with Crippen molar-refractivity contribution in [2.24, 2.45) is 0 Å². The van der Waals surface area contributed by atoms with E-state index in [0.717, 1.165) is 27.5 Å². The number of para-hydroxylation sites is 1. The van der Waals surface area contributed by atoms with Gasteiger partial charge < -0.3 is 14.9 Å². The summed E-state index contributed by atoms with van der Waals surface area (Å²) >= 11 is 0. The Bertz CT molecular complexity index is 964. The SMILES string of the molecule is O=C(Cn1ccc2ccccc21)Nc1cccc2[nH]ccc12. The summed E-state index contributed by atoms with van der Waals surface area (Å²) in [5, 5.41) is 5.16. The number of hydrogen-bond donors (Lipinski definition) is 2. The fraction of sp³-hybridized carbons (Fsp3) is 0.0556. The minimum absolute atomic E-state index is 0.0324. The first-order valence-electron chi connectivity index (χ1n) is 7.21. The molecule has 0 bridgehead atoms. The highest BCUT2D eigenvalue weighted by Gasteiger charge is 2.08. The maximum absolute atomic E-state index is 12.3. The highest BCUT2D eigenvalue weighted by atomic mass is 16.1. The standard InChI is InChI=1S/C18H15N3O/c22-18(12-21-11-9-13-4-1-2-7-17(13)21)20-16-6-3-5-15-14(16)8-10-19-15/h1-11,19H,12H2,(H,20,22). The van der Waals surface area contributed by atoms with Crippen LogP contribution in [0.25, 0.3) is 21.8 Å². The number of H-pyrrole nitrogens is 1. The Morgan fingerprint density at radius 2 is 1.95 bits per heavy atom. The van der Waals surface area contributed by atoms with Gasteiger partial charge in [-0.05, 0) is 35.7 Å². The van der Waals surface area contributed by atoms with E-state index in [0.29, 0.717) is 6.54 Å². The normalized spacial score (nSPS) is 11.1. The van der Waals surface area contributed by atoms with Crippen LogP contribution < -0.4 is 5.32 Å². The second-order valence-electron chi connectivity index (χ2n) is 5.30. The third-order valence-electron chi connectivity index (χ3n) is 3.86. The molecule has 0 saturated heterocycles. The molecule has 108 valence electrons. The molecule has 2 N–H and O–H groups in total. The lowest BCUT2D eigenvalue weighted by Crippen LogP contribution is -2.18. The zero-order valence-electron chi connectivity index (χ0n) is 11.9. The largest absolute Gasteiger partial charge is 0.361 e. The van der Waals surface area contributed by atoms with E-state index in [4.69, 9.17) is 0 Å². The molecule has 4 rings (SSSR count). The Balaban J connectivity index is 1.59. The van der Waals surface area contributed by atoms with Gasteiger partial charge in [-0.25, -0.2) is 0 Å². The Morgan fingerprint density at radius 1 is 1.05 bits per heavy atom. The van der Waals surface area contributed by atoms with Crippen molar-refractivity contribution < 1.29 is 4.79 Å². The van der Waals surface area contributed by atoms with Crippen molar-refractivity contribution in [1.82, 2.24) is 9.55 Å². The molecular formula is C18H15N3O. The summed E-state index contributed by atoms with van der Waals surface area (Å²) in [6, 6.07) is 17.9. The molecule has 0 saturated carbocycles. The minimum Gasteiger partial charge on any atom is -0.361 e. The molecule has 4 nitrogen and oxygen atoms in total. The van der Waals surface area contributed by atoms with Crippen LogP contribution >= 0.6 is 0 Å². The summed E-state index contributed by atoms with van der Waals surface area (Å²) in [5.41, 5.74) is 2.92. The number of nitrogens with zero attached hydrogens (tertiary/aromatic N) is 1. The van der Waals surface area contributed by atoms with E-state index in [9.17, 15) is 4.79 Å². The van der Waals surface area contributed by atoms with E-state index in [1.54, 1.807) is 0 Å². The quantitative estimate of drug-likeness (QED) is 0.593. The first-order chi connectivity index (χ1) is 10.8. The second kappa shape index (κ2) is 5.07. The van der Waals surface area contributed by atoms with E-state index in [-0.39, 0.29) is 5.91 Å². The van der Waals surface area contributed by atoms with Gasteiger partial charge >= 0.3 is 0 Å². The van der Waals surface area contributed by atoms with E-state index in [1.807, 2.05) is 71.6 Å². The third-order valence-corrected chi connectivity index (χ3v) is 3.86. The van der Waals surface area contributed by atoms with Crippen molar-refractivity contribution in [3.63, 3.8) is 0 Å². The summed E-state index contributed by atoms with van der Waals surface area (Å²) in [7, 11) is 0. The number of anilines is 1. The number of nitrogens with one attached hydrogen (secondary N) is 2. The van der Waals surface area contributed by atoms with Crippen molar-refractivity contribution >= 4 is 33.4 Å². The number of benzene rings is 2. The van der Waals surface area contributed by atoms with Gasteiger partial charge in [0.05, 0.1) is 5.69 Å². The van der Waals surface area contributed by atoms with Crippen LogP contribution in [0.2, 0.25) is 0 Å². The number of fused-ring (bicyclic) bond motifs is 2. The summed E-state index contributed by atoms with van der Waals surface area (Å²) in [4.78, 5) is 15.5. The molecular weight excluding hydrogens is 274 g/mol. The van der Waals surface area contributed by atoms with Crippen LogP contribution in [0.4, 0.5) is 5.69 Å². The number of amides is 1. The van der Waals surface area contributed by atoms with Gasteiger partial charge in [0, 0.05) is 28.8 Å². The Labute approximate surface area is 127 Å². The molecule has 22 heavy (non-hydrogen) atoms. The van der Waals surface area contributed by atoms with Crippen LogP contribution in [0.3, 0.4) is 0 Å². The van der Waals surface area contributed by atoms with Crippen LogP contribution in [0, 0.1) is 0 Å². The zero-order chi connectivity index (χ0) is 14.9. The minimum atomic E-state index is -0.0324. The first kappa shape index (κ1) is 12.7. The fourth-order valence-electron chi connectivity index (χ4n) is 2.82. The van der Waals surface area contributed by atoms with Crippen molar-refractivity contribution in [2.75, 3.05) is 5.32 Å². The smallest absolute Gasteiger partial charge is 0.244 e. The lowest BCUT2D eigenvalue weighted by atomic mass is 10.2. The molecule has 1 amide bonds. The number of rotatable bonds is 3. The Hall–Kier alpha value is -3.01. The third kappa shape index (κ3) is 2.15. The molecule has 0 atom stereocenters. The van der Waals surface area contributed by atoms with Crippen LogP contribution in [0.15, 0.2) is 67.0 Å². The maximum atomic E-state index is 12.3. The number of hydrogen-bond acceptors (Lipinski definition) is 1. The molecule has 4 aromatic rings. The van der Waals surface area contributed by atoms with Gasteiger partial charge in [0.2, 0.25) is 5.91 Å². The van der Waals surface area contributed by atoms with Gasteiger partial charge in [-0.15, -0.1) is 0 Å². The van der Waals surface area contributed by atoms with Gasteiger partial charge in [0.15, 0.2) is 0 Å². The van der Waals surface area contributed by atoms with Crippen molar-refractivity contribution in [2.45, 2.75) is 6.54 Å².